The number of hydrogen-bond acceptors (Lipinski definition) is 4. The molecule has 0 spiro atoms. The van der Waals surface area contributed by atoms with Crippen LogP contribution in [0.25, 0.3) is 0 Å². The number of nitrogens with one attached hydrogen (secondary N) is 1. The van der Waals surface area contributed by atoms with Gasteiger partial charge >= 0.3 is 5.97 Å². The molecular formula is C13H19NO5S. The van der Waals surface area contributed by atoms with E-state index in [0.717, 1.165) is 0 Å². The van der Waals surface area contributed by atoms with E-state index in [1.807, 2.05) is 0 Å². The van der Waals surface area contributed by atoms with Crippen molar-refractivity contribution in [2.75, 3.05) is 12.3 Å². The molecule has 0 bridgehead atoms. The van der Waals surface area contributed by atoms with Gasteiger partial charge in [-0.3, -0.25) is 9.59 Å². The smallest absolute Gasteiger partial charge is 0.307 e. The van der Waals surface area contributed by atoms with E-state index < -0.39 is 32.9 Å². The van der Waals surface area contributed by atoms with E-state index in [2.05, 4.69) is 5.32 Å². The van der Waals surface area contributed by atoms with Crippen molar-refractivity contribution in [2.45, 2.75) is 30.9 Å². The maximum absolute atomic E-state index is 12.1. The first-order valence-corrected chi connectivity index (χ1v) is 8.50. The van der Waals surface area contributed by atoms with Crippen LogP contribution in [-0.4, -0.2) is 42.9 Å². The Bertz CT molecular complexity index is 525. The summed E-state index contributed by atoms with van der Waals surface area (Å²) in [7, 11) is -3.09. The Morgan fingerprint density at radius 2 is 1.85 bits per heavy atom. The molecule has 6 nitrogen and oxygen atoms in total. The molecule has 1 fully saturated rings. The maximum Gasteiger partial charge on any atom is 0.307 e. The summed E-state index contributed by atoms with van der Waals surface area (Å²) in [5.74, 6) is -2.49. The maximum atomic E-state index is 12.1. The fraction of sp³-hybridized carbons (Fsp3) is 0.692. The van der Waals surface area contributed by atoms with Crippen molar-refractivity contribution < 1.29 is 23.1 Å². The summed E-state index contributed by atoms with van der Waals surface area (Å²) in [6, 6.07) is 0. The third-order valence-electron chi connectivity index (χ3n) is 4.05. The number of carbonyl (C=O) groups is 2. The van der Waals surface area contributed by atoms with Gasteiger partial charge in [-0.25, -0.2) is 8.42 Å². The monoisotopic (exact) mass is 301 g/mol. The highest BCUT2D eigenvalue weighted by atomic mass is 32.2. The van der Waals surface area contributed by atoms with Crippen molar-refractivity contribution in [3.63, 3.8) is 0 Å². The third kappa shape index (κ3) is 3.20. The van der Waals surface area contributed by atoms with Crippen LogP contribution in [0.15, 0.2) is 12.2 Å². The van der Waals surface area contributed by atoms with E-state index in [1.54, 1.807) is 12.2 Å². The van der Waals surface area contributed by atoms with Crippen LogP contribution in [0.3, 0.4) is 0 Å². The predicted molar refractivity (Wildman–Crippen MR) is 72.8 cm³/mol. The first-order chi connectivity index (χ1) is 9.42. The number of carboxylic acid groups (broad SMARTS) is 1. The molecule has 0 aromatic heterocycles. The number of sulfone groups is 1. The molecule has 7 heteroatoms. The molecule has 1 amide bonds. The third-order valence-corrected chi connectivity index (χ3v) is 6.33. The highest BCUT2D eigenvalue weighted by molar-refractivity contribution is 7.92. The second-order valence-electron chi connectivity index (χ2n) is 5.37. The number of carbonyl (C=O) groups excluding carboxylic acids is 1. The minimum atomic E-state index is -3.09. The summed E-state index contributed by atoms with van der Waals surface area (Å²) in [6.45, 7) is 0.0910. The summed E-state index contributed by atoms with van der Waals surface area (Å²) in [5, 5.41) is 11.2. The average Bonchev–Trinajstić information content (AvgIpc) is 2.75. The first kappa shape index (κ1) is 15.0. The Hall–Kier alpha value is -1.37. The van der Waals surface area contributed by atoms with Gasteiger partial charge in [0.05, 0.1) is 22.8 Å². The molecule has 1 aliphatic heterocycles. The van der Waals surface area contributed by atoms with Gasteiger partial charge in [-0.15, -0.1) is 0 Å². The highest BCUT2D eigenvalue weighted by Gasteiger charge is 2.36. The lowest BCUT2D eigenvalue weighted by atomic mass is 9.82. The van der Waals surface area contributed by atoms with Crippen molar-refractivity contribution >= 4 is 21.7 Å². The van der Waals surface area contributed by atoms with Crippen molar-refractivity contribution in [1.82, 2.24) is 5.32 Å². The summed E-state index contributed by atoms with van der Waals surface area (Å²) >= 11 is 0. The molecule has 0 aromatic rings. The molecule has 2 N–H and O–H groups in total. The molecule has 0 saturated carbocycles. The number of rotatable bonds is 4. The Kier molecular flexibility index (Phi) is 4.47. The van der Waals surface area contributed by atoms with E-state index in [1.165, 1.54) is 0 Å². The number of carboxylic acids is 1. The molecular weight excluding hydrogens is 282 g/mol. The van der Waals surface area contributed by atoms with Crippen molar-refractivity contribution in [2.24, 2.45) is 11.8 Å². The van der Waals surface area contributed by atoms with Gasteiger partial charge in [0.15, 0.2) is 9.84 Å². The molecule has 1 unspecified atom stereocenters. The summed E-state index contributed by atoms with van der Waals surface area (Å²) < 4.78 is 23.3. The van der Waals surface area contributed by atoms with Gasteiger partial charge in [0.25, 0.3) is 0 Å². The minimum absolute atomic E-state index is 0.0910. The second-order valence-corrected chi connectivity index (χ2v) is 7.77. The van der Waals surface area contributed by atoms with Crippen LogP contribution < -0.4 is 5.32 Å². The van der Waals surface area contributed by atoms with Crippen molar-refractivity contribution in [3.05, 3.63) is 12.2 Å². The van der Waals surface area contributed by atoms with Gasteiger partial charge in [-0.2, -0.15) is 0 Å². The quantitative estimate of drug-likeness (QED) is 0.730. The Morgan fingerprint density at radius 3 is 2.40 bits per heavy atom. The van der Waals surface area contributed by atoms with Gasteiger partial charge in [-0.1, -0.05) is 12.2 Å². The molecule has 0 aromatic carbocycles. The van der Waals surface area contributed by atoms with Gasteiger partial charge in [0.1, 0.15) is 0 Å². The predicted octanol–water partition coefficient (Wildman–Crippen LogP) is 0.347. The second kappa shape index (κ2) is 5.95. The Balaban J connectivity index is 1.94. The van der Waals surface area contributed by atoms with Gasteiger partial charge < -0.3 is 10.4 Å². The molecule has 3 atom stereocenters. The number of aliphatic carboxylic acids is 1. The number of hydrogen-bond donors (Lipinski definition) is 2. The first-order valence-electron chi connectivity index (χ1n) is 6.79. The van der Waals surface area contributed by atoms with E-state index in [-0.39, 0.29) is 18.2 Å². The van der Waals surface area contributed by atoms with E-state index in [4.69, 9.17) is 5.11 Å². The molecule has 2 rings (SSSR count). The van der Waals surface area contributed by atoms with Crippen LogP contribution in [0.4, 0.5) is 0 Å². The number of allylic oxidation sites excluding steroid dienone is 2. The van der Waals surface area contributed by atoms with Gasteiger partial charge in [-0.05, 0) is 25.7 Å². The zero-order valence-electron chi connectivity index (χ0n) is 11.1. The van der Waals surface area contributed by atoms with Crippen LogP contribution >= 0.6 is 0 Å². The van der Waals surface area contributed by atoms with Gasteiger partial charge in [0, 0.05) is 6.54 Å². The molecule has 0 radical (unpaired) electrons. The summed E-state index contributed by atoms with van der Waals surface area (Å²) in [5.41, 5.74) is 0. The van der Waals surface area contributed by atoms with Crippen LogP contribution in [0.1, 0.15) is 25.7 Å². The molecule has 1 aliphatic carbocycles. The van der Waals surface area contributed by atoms with Crippen molar-refractivity contribution in [3.8, 4) is 0 Å². The number of amides is 1. The van der Waals surface area contributed by atoms with E-state index in [0.29, 0.717) is 25.7 Å². The highest BCUT2D eigenvalue weighted by Crippen LogP contribution is 2.26. The van der Waals surface area contributed by atoms with E-state index in [9.17, 15) is 18.0 Å². The minimum Gasteiger partial charge on any atom is -0.481 e. The SMILES string of the molecule is O=C(O)[C@H]1CC=CC[C@H]1C(=O)NCC1CCCS1(=O)=O. The normalized spacial score (nSPS) is 31.9. The van der Waals surface area contributed by atoms with Crippen molar-refractivity contribution in [1.29, 1.82) is 0 Å². The van der Waals surface area contributed by atoms with Crippen LogP contribution in [0, 0.1) is 11.8 Å². The fourth-order valence-electron chi connectivity index (χ4n) is 2.81. The lowest BCUT2D eigenvalue weighted by molar-refractivity contribution is -0.147. The Labute approximate surface area is 118 Å². The zero-order valence-corrected chi connectivity index (χ0v) is 11.9. The molecule has 20 heavy (non-hydrogen) atoms. The molecule has 1 saturated heterocycles. The Morgan fingerprint density at radius 1 is 1.20 bits per heavy atom. The molecule has 1 heterocycles. The lowest BCUT2D eigenvalue weighted by Crippen LogP contribution is -2.42. The topological polar surface area (TPSA) is 101 Å². The molecule has 112 valence electrons. The average molecular weight is 301 g/mol. The largest absolute Gasteiger partial charge is 0.481 e. The summed E-state index contributed by atoms with van der Waals surface area (Å²) in [4.78, 5) is 23.2. The lowest BCUT2D eigenvalue weighted by Gasteiger charge is -2.24. The van der Waals surface area contributed by atoms with E-state index >= 15 is 0 Å². The van der Waals surface area contributed by atoms with Gasteiger partial charge in [0.2, 0.25) is 5.91 Å². The van der Waals surface area contributed by atoms with Crippen LogP contribution in [0.2, 0.25) is 0 Å². The van der Waals surface area contributed by atoms with Crippen LogP contribution in [-0.2, 0) is 19.4 Å². The summed E-state index contributed by atoms with van der Waals surface area (Å²) in [6.07, 6.45) is 5.50. The molecule has 2 aliphatic rings. The van der Waals surface area contributed by atoms with Crippen LogP contribution in [0.5, 0.6) is 0 Å². The standard InChI is InChI=1S/C13H19NO5S/c15-12(10-5-1-2-6-11(10)13(16)17)14-8-9-4-3-7-20(9,18)19/h1-2,9-11H,3-8H2,(H,14,15)(H,16,17)/t9?,10-,11+/m1/s1. The fourth-order valence-corrected chi connectivity index (χ4v) is 4.58. The zero-order chi connectivity index (χ0) is 14.8.